The summed E-state index contributed by atoms with van der Waals surface area (Å²) in [5, 5.41) is 13.2. The minimum atomic E-state index is -0.384. The number of ether oxygens (including phenoxy) is 1. The Morgan fingerprint density at radius 2 is 1.71 bits per heavy atom. The fourth-order valence-corrected chi connectivity index (χ4v) is 3.33. The lowest BCUT2D eigenvalue weighted by atomic mass is 10.1. The van der Waals surface area contributed by atoms with E-state index in [2.05, 4.69) is 5.32 Å². The number of carbonyl (C=O) groups is 2. The molecule has 1 aromatic heterocycles. The number of ketones is 1. The molecule has 0 fully saturated rings. The van der Waals surface area contributed by atoms with Gasteiger partial charge in [-0.15, -0.1) is 0 Å². The average molecular weight is 457 g/mol. The zero-order chi connectivity index (χ0) is 24.2. The van der Waals surface area contributed by atoms with Crippen molar-refractivity contribution in [3.05, 3.63) is 88.6 Å². The standard InChI is InChI=1S/C27H23NO6/c1-16(2)27(32)28-19-10-8-17(9-11-19)23(31)15-33-20-12-21(29)26-22(30)14-24(34-25(26)13-20)18-6-4-3-5-7-18/h3-14,16,29H,15H2,1-2H3,(H,28,32). The summed E-state index contributed by atoms with van der Waals surface area (Å²) in [7, 11) is 0. The van der Waals surface area contributed by atoms with Gasteiger partial charge in [0.25, 0.3) is 0 Å². The van der Waals surface area contributed by atoms with E-state index in [9.17, 15) is 19.5 Å². The molecule has 0 aliphatic heterocycles. The predicted molar refractivity (Wildman–Crippen MR) is 129 cm³/mol. The summed E-state index contributed by atoms with van der Waals surface area (Å²) in [5.41, 5.74) is 1.49. The molecular weight excluding hydrogens is 434 g/mol. The molecule has 0 saturated carbocycles. The molecular formula is C27H23NO6. The van der Waals surface area contributed by atoms with Crippen LogP contribution in [0.4, 0.5) is 5.69 Å². The third-order valence-electron chi connectivity index (χ3n) is 5.21. The van der Waals surface area contributed by atoms with E-state index in [4.69, 9.17) is 9.15 Å². The molecule has 1 amide bonds. The zero-order valence-electron chi connectivity index (χ0n) is 18.7. The van der Waals surface area contributed by atoms with Crippen molar-refractivity contribution in [3.8, 4) is 22.8 Å². The highest BCUT2D eigenvalue weighted by Crippen LogP contribution is 2.31. The van der Waals surface area contributed by atoms with Gasteiger partial charge in [0.15, 0.2) is 17.8 Å². The number of carbonyl (C=O) groups excluding carboxylic acids is 2. The van der Waals surface area contributed by atoms with E-state index in [0.29, 0.717) is 17.0 Å². The second-order valence-corrected chi connectivity index (χ2v) is 8.09. The topological polar surface area (TPSA) is 106 Å². The van der Waals surface area contributed by atoms with Crippen molar-refractivity contribution >= 4 is 28.3 Å². The lowest BCUT2D eigenvalue weighted by molar-refractivity contribution is -0.118. The minimum absolute atomic E-state index is 0.0393. The molecule has 0 aliphatic rings. The number of hydrogen-bond donors (Lipinski definition) is 2. The molecule has 4 aromatic rings. The summed E-state index contributed by atoms with van der Waals surface area (Å²) in [6.45, 7) is 3.30. The second kappa shape index (κ2) is 9.62. The van der Waals surface area contributed by atoms with Crippen LogP contribution in [0.1, 0.15) is 24.2 Å². The summed E-state index contributed by atoms with van der Waals surface area (Å²) < 4.78 is 11.4. The van der Waals surface area contributed by atoms with Crippen molar-refractivity contribution in [2.75, 3.05) is 11.9 Å². The number of anilines is 1. The minimum Gasteiger partial charge on any atom is -0.507 e. The first kappa shape index (κ1) is 22.8. The number of Topliss-reactive ketones (excluding diaryl/α,β-unsaturated/α-hetero) is 1. The molecule has 0 saturated heterocycles. The van der Waals surface area contributed by atoms with Crippen LogP contribution in [-0.4, -0.2) is 23.4 Å². The lowest BCUT2D eigenvalue weighted by Gasteiger charge is -2.10. The van der Waals surface area contributed by atoms with E-state index in [1.54, 1.807) is 38.1 Å². The Morgan fingerprint density at radius 3 is 2.38 bits per heavy atom. The molecule has 0 unspecified atom stereocenters. The van der Waals surface area contributed by atoms with Crippen LogP contribution in [0, 0.1) is 5.92 Å². The largest absolute Gasteiger partial charge is 0.507 e. The SMILES string of the molecule is CC(C)C(=O)Nc1ccc(C(=O)COc2cc(O)c3c(=O)cc(-c4ccccc4)oc3c2)cc1. The number of amides is 1. The van der Waals surface area contributed by atoms with Gasteiger partial charge < -0.3 is 19.6 Å². The third-order valence-corrected chi connectivity index (χ3v) is 5.21. The molecule has 172 valence electrons. The van der Waals surface area contributed by atoms with Crippen molar-refractivity contribution in [2.24, 2.45) is 5.92 Å². The maximum Gasteiger partial charge on any atom is 0.226 e. The van der Waals surface area contributed by atoms with Crippen molar-refractivity contribution < 1.29 is 23.8 Å². The Morgan fingerprint density at radius 1 is 1.00 bits per heavy atom. The number of nitrogens with one attached hydrogen (secondary N) is 1. The van der Waals surface area contributed by atoms with Gasteiger partial charge in [-0.2, -0.15) is 0 Å². The second-order valence-electron chi connectivity index (χ2n) is 8.09. The fourth-order valence-electron chi connectivity index (χ4n) is 3.33. The molecule has 0 atom stereocenters. The number of fused-ring (bicyclic) bond motifs is 1. The number of phenols is 1. The van der Waals surface area contributed by atoms with E-state index in [1.807, 2.05) is 30.3 Å². The summed E-state index contributed by atoms with van der Waals surface area (Å²) >= 11 is 0. The molecule has 0 radical (unpaired) electrons. The van der Waals surface area contributed by atoms with Crippen LogP contribution in [0.5, 0.6) is 11.5 Å². The predicted octanol–water partition coefficient (Wildman–Crippen LogP) is 5.02. The van der Waals surface area contributed by atoms with Crippen LogP contribution in [-0.2, 0) is 4.79 Å². The van der Waals surface area contributed by atoms with Crippen LogP contribution >= 0.6 is 0 Å². The van der Waals surface area contributed by atoms with Crippen LogP contribution in [0.3, 0.4) is 0 Å². The molecule has 2 N–H and O–H groups in total. The van der Waals surface area contributed by atoms with E-state index >= 15 is 0 Å². The van der Waals surface area contributed by atoms with Crippen molar-refractivity contribution in [3.63, 3.8) is 0 Å². The van der Waals surface area contributed by atoms with E-state index in [-0.39, 0.29) is 52.1 Å². The quantitative estimate of drug-likeness (QED) is 0.378. The summed E-state index contributed by atoms with van der Waals surface area (Å²) in [6.07, 6.45) is 0. The van der Waals surface area contributed by atoms with E-state index in [1.165, 1.54) is 18.2 Å². The number of rotatable bonds is 7. The van der Waals surface area contributed by atoms with Crippen LogP contribution in [0.15, 0.2) is 82.0 Å². The maximum atomic E-state index is 12.6. The van der Waals surface area contributed by atoms with E-state index < -0.39 is 0 Å². The molecule has 0 aliphatic carbocycles. The summed E-state index contributed by atoms with van der Waals surface area (Å²) in [5.74, 6) is -0.302. The number of hydrogen-bond acceptors (Lipinski definition) is 6. The first-order chi connectivity index (χ1) is 16.3. The van der Waals surface area contributed by atoms with Crippen molar-refractivity contribution in [1.29, 1.82) is 0 Å². The fraction of sp³-hybridized carbons (Fsp3) is 0.148. The summed E-state index contributed by atoms with van der Waals surface area (Å²) in [4.78, 5) is 36.9. The molecule has 34 heavy (non-hydrogen) atoms. The Labute approximate surface area is 195 Å². The van der Waals surface area contributed by atoms with Gasteiger partial charge in [-0.05, 0) is 24.3 Å². The highest BCUT2D eigenvalue weighted by molar-refractivity contribution is 5.98. The van der Waals surface area contributed by atoms with Gasteiger partial charge in [0, 0.05) is 40.9 Å². The van der Waals surface area contributed by atoms with Gasteiger partial charge in [-0.3, -0.25) is 14.4 Å². The number of benzene rings is 3. The van der Waals surface area contributed by atoms with Crippen molar-refractivity contribution in [2.45, 2.75) is 13.8 Å². The smallest absolute Gasteiger partial charge is 0.226 e. The molecule has 7 nitrogen and oxygen atoms in total. The van der Waals surface area contributed by atoms with Crippen molar-refractivity contribution in [1.82, 2.24) is 0 Å². The monoisotopic (exact) mass is 457 g/mol. The maximum absolute atomic E-state index is 12.6. The molecule has 4 rings (SSSR count). The van der Waals surface area contributed by atoms with Gasteiger partial charge in [-0.25, -0.2) is 0 Å². The molecule has 0 bridgehead atoms. The van der Waals surface area contributed by atoms with Crippen LogP contribution in [0.25, 0.3) is 22.3 Å². The van der Waals surface area contributed by atoms with Gasteiger partial charge in [0.2, 0.25) is 5.91 Å². The average Bonchev–Trinajstić information content (AvgIpc) is 2.83. The Hall–Kier alpha value is -4.39. The van der Waals surface area contributed by atoms with Gasteiger partial charge in [0.05, 0.1) is 0 Å². The highest BCUT2D eigenvalue weighted by Gasteiger charge is 2.14. The van der Waals surface area contributed by atoms with E-state index in [0.717, 1.165) is 5.56 Å². The Balaban J connectivity index is 1.51. The highest BCUT2D eigenvalue weighted by atomic mass is 16.5. The first-order valence-electron chi connectivity index (χ1n) is 10.7. The third kappa shape index (κ3) is 4.99. The Kier molecular flexibility index (Phi) is 6.45. The van der Waals surface area contributed by atoms with Crippen LogP contribution in [0.2, 0.25) is 0 Å². The molecule has 1 heterocycles. The van der Waals surface area contributed by atoms with Crippen LogP contribution < -0.4 is 15.5 Å². The Bertz CT molecular complexity index is 1410. The summed E-state index contributed by atoms with van der Waals surface area (Å²) in [6, 6.07) is 19.7. The normalized spacial score (nSPS) is 10.9. The van der Waals surface area contributed by atoms with Gasteiger partial charge in [0.1, 0.15) is 28.2 Å². The molecule has 7 heteroatoms. The first-order valence-corrected chi connectivity index (χ1v) is 10.7. The number of aromatic hydroxyl groups is 1. The zero-order valence-corrected chi connectivity index (χ0v) is 18.7. The number of phenolic OH excluding ortho intramolecular Hbond substituents is 1. The lowest BCUT2D eigenvalue weighted by Crippen LogP contribution is -2.18. The molecule has 0 spiro atoms. The van der Waals surface area contributed by atoms with Gasteiger partial charge >= 0.3 is 0 Å². The molecule has 3 aromatic carbocycles. The van der Waals surface area contributed by atoms with Gasteiger partial charge in [-0.1, -0.05) is 44.2 Å².